The Balaban J connectivity index is 1.62. The molecule has 0 spiro atoms. The van der Waals surface area contributed by atoms with Crippen LogP contribution in [-0.2, 0) is 22.4 Å². The maximum atomic E-state index is 13.1. The SMILES string of the molecule is CCc1nc2ccccc2c(C(=O)OC(C)C(=O)N2CCc3ccccc32)c1C. The van der Waals surface area contributed by atoms with E-state index in [0.29, 0.717) is 12.1 Å². The van der Waals surface area contributed by atoms with Crippen LogP contribution in [0.15, 0.2) is 48.5 Å². The molecule has 148 valence electrons. The summed E-state index contributed by atoms with van der Waals surface area (Å²) in [6, 6.07) is 15.4. The van der Waals surface area contributed by atoms with E-state index in [-0.39, 0.29) is 5.91 Å². The molecule has 0 saturated carbocycles. The number of rotatable bonds is 4. The van der Waals surface area contributed by atoms with Crippen LogP contribution in [0, 0.1) is 6.92 Å². The standard InChI is InChI=1S/C24H24N2O3/c1-4-19-15(2)22(18-10-6-7-11-20(18)25-19)24(28)29-16(3)23(27)26-14-13-17-9-5-8-12-21(17)26/h5-12,16H,4,13-14H2,1-3H3. The fraction of sp³-hybridized carbons (Fsp3) is 0.292. The van der Waals surface area contributed by atoms with Gasteiger partial charge in [-0.2, -0.15) is 0 Å². The maximum Gasteiger partial charge on any atom is 0.339 e. The van der Waals surface area contributed by atoms with Gasteiger partial charge in [0.1, 0.15) is 0 Å². The van der Waals surface area contributed by atoms with Gasteiger partial charge in [0, 0.05) is 23.3 Å². The van der Waals surface area contributed by atoms with E-state index in [1.54, 1.807) is 11.8 Å². The predicted octanol–water partition coefficient (Wildman–Crippen LogP) is 4.24. The van der Waals surface area contributed by atoms with Crippen LogP contribution in [0.3, 0.4) is 0 Å². The van der Waals surface area contributed by atoms with Gasteiger partial charge in [0.05, 0.1) is 11.1 Å². The molecule has 1 amide bonds. The first-order valence-electron chi connectivity index (χ1n) is 9.99. The summed E-state index contributed by atoms with van der Waals surface area (Å²) in [7, 11) is 0. The van der Waals surface area contributed by atoms with Crippen LogP contribution in [0.1, 0.15) is 41.0 Å². The number of hydrogen-bond donors (Lipinski definition) is 0. The molecule has 1 unspecified atom stereocenters. The van der Waals surface area contributed by atoms with E-state index in [4.69, 9.17) is 4.74 Å². The second kappa shape index (κ2) is 7.66. The van der Waals surface area contributed by atoms with Crippen molar-refractivity contribution in [1.82, 2.24) is 4.98 Å². The van der Waals surface area contributed by atoms with E-state index in [1.165, 1.54) is 0 Å². The molecular weight excluding hydrogens is 364 g/mol. The molecule has 0 saturated heterocycles. The van der Waals surface area contributed by atoms with Crippen molar-refractivity contribution in [1.29, 1.82) is 0 Å². The summed E-state index contributed by atoms with van der Waals surface area (Å²) < 4.78 is 5.66. The van der Waals surface area contributed by atoms with Crippen molar-refractivity contribution in [3.63, 3.8) is 0 Å². The molecule has 0 bridgehead atoms. The number of ether oxygens (including phenoxy) is 1. The van der Waals surface area contributed by atoms with Crippen molar-refractivity contribution in [2.45, 2.75) is 39.7 Å². The largest absolute Gasteiger partial charge is 0.449 e. The normalized spacial score (nSPS) is 14.0. The topological polar surface area (TPSA) is 59.5 Å². The van der Waals surface area contributed by atoms with Gasteiger partial charge in [0.15, 0.2) is 6.10 Å². The summed E-state index contributed by atoms with van der Waals surface area (Å²) >= 11 is 0. The highest BCUT2D eigenvalue weighted by atomic mass is 16.5. The number of esters is 1. The molecule has 5 nitrogen and oxygen atoms in total. The Hall–Kier alpha value is -3.21. The van der Waals surface area contributed by atoms with Crippen LogP contribution in [0.2, 0.25) is 0 Å². The first-order valence-corrected chi connectivity index (χ1v) is 9.99. The van der Waals surface area contributed by atoms with E-state index in [1.807, 2.05) is 62.4 Å². The molecule has 2 heterocycles. The monoisotopic (exact) mass is 388 g/mol. The van der Waals surface area contributed by atoms with Crippen LogP contribution >= 0.6 is 0 Å². The van der Waals surface area contributed by atoms with Gasteiger partial charge in [-0.3, -0.25) is 9.78 Å². The first kappa shape index (κ1) is 19.1. The molecule has 1 aliphatic rings. The van der Waals surface area contributed by atoms with Crippen LogP contribution < -0.4 is 4.90 Å². The zero-order valence-corrected chi connectivity index (χ0v) is 16.9. The lowest BCUT2D eigenvalue weighted by atomic mass is 10.0. The Bertz CT molecular complexity index is 1110. The van der Waals surface area contributed by atoms with Crippen LogP contribution in [0.5, 0.6) is 0 Å². The molecule has 2 aromatic carbocycles. The van der Waals surface area contributed by atoms with Crippen molar-refractivity contribution in [3.8, 4) is 0 Å². The Morgan fingerprint density at radius 1 is 1.14 bits per heavy atom. The number of anilines is 1. The molecule has 4 rings (SSSR count). The third-order valence-corrected chi connectivity index (χ3v) is 5.56. The summed E-state index contributed by atoms with van der Waals surface area (Å²) in [4.78, 5) is 32.5. The summed E-state index contributed by atoms with van der Waals surface area (Å²) in [6.07, 6.45) is 0.664. The number of amides is 1. The van der Waals surface area contributed by atoms with Gasteiger partial charge in [-0.15, -0.1) is 0 Å². The molecule has 5 heteroatoms. The van der Waals surface area contributed by atoms with Crippen LogP contribution in [-0.4, -0.2) is 29.5 Å². The molecule has 0 radical (unpaired) electrons. The molecular formula is C24H24N2O3. The van der Waals surface area contributed by atoms with Crippen molar-refractivity contribution >= 4 is 28.5 Å². The fourth-order valence-electron chi connectivity index (χ4n) is 4.02. The first-order chi connectivity index (χ1) is 14.0. The fourth-order valence-corrected chi connectivity index (χ4v) is 4.02. The Kier molecular flexibility index (Phi) is 5.05. The van der Waals surface area contributed by atoms with E-state index in [0.717, 1.165) is 46.3 Å². The van der Waals surface area contributed by atoms with Gasteiger partial charge < -0.3 is 9.64 Å². The number of carbonyl (C=O) groups excluding carboxylic acids is 2. The van der Waals surface area contributed by atoms with Crippen molar-refractivity contribution in [2.24, 2.45) is 0 Å². The highest BCUT2D eigenvalue weighted by Crippen LogP contribution is 2.29. The van der Waals surface area contributed by atoms with Gasteiger partial charge in [-0.25, -0.2) is 4.79 Å². The Morgan fingerprint density at radius 2 is 1.86 bits per heavy atom. The lowest BCUT2D eigenvalue weighted by Crippen LogP contribution is -2.39. The minimum absolute atomic E-state index is 0.199. The molecule has 0 fully saturated rings. The average molecular weight is 388 g/mol. The van der Waals surface area contributed by atoms with E-state index < -0.39 is 12.1 Å². The molecule has 1 aromatic heterocycles. The number of benzene rings is 2. The summed E-state index contributed by atoms with van der Waals surface area (Å²) in [6.45, 7) is 6.14. The van der Waals surface area contributed by atoms with Gasteiger partial charge in [-0.1, -0.05) is 43.3 Å². The Morgan fingerprint density at radius 3 is 2.66 bits per heavy atom. The summed E-state index contributed by atoms with van der Waals surface area (Å²) in [5.41, 5.74) is 4.97. The van der Waals surface area contributed by atoms with Crippen molar-refractivity contribution in [2.75, 3.05) is 11.4 Å². The lowest BCUT2D eigenvalue weighted by molar-refractivity contribution is -0.126. The number of hydrogen-bond acceptors (Lipinski definition) is 4. The van der Waals surface area contributed by atoms with Crippen LogP contribution in [0.25, 0.3) is 10.9 Å². The molecule has 1 atom stereocenters. The number of fused-ring (bicyclic) bond motifs is 2. The minimum atomic E-state index is -0.870. The van der Waals surface area contributed by atoms with Crippen molar-refractivity contribution in [3.05, 3.63) is 70.9 Å². The number of aromatic nitrogens is 1. The minimum Gasteiger partial charge on any atom is -0.449 e. The lowest BCUT2D eigenvalue weighted by Gasteiger charge is -2.22. The molecule has 0 N–H and O–H groups in total. The summed E-state index contributed by atoms with van der Waals surface area (Å²) in [5.74, 6) is -0.681. The number of aryl methyl sites for hydroxylation is 1. The highest BCUT2D eigenvalue weighted by Gasteiger charge is 2.30. The smallest absolute Gasteiger partial charge is 0.339 e. The molecule has 3 aromatic rings. The third-order valence-electron chi connectivity index (χ3n) is 5.56. The van der Waals surface area contributed by atoms with E-state index in [9.17, 15) is 9.59 Å². The van der Waals surface area contributed by atoms with Gasteiger partial charge in [0.25, 0.3) is 5.91 Å². The molecule has 0 aliphatic carbocycles. The predicted molar refractivity (Wildman–Crippen MR) is 113 cm³/mol. The maximum absolute atomic E-state index is 13.1. The number of para-hydroxylation sites is 2. The summed E-state index contributed by atoms with van der Waals surface area (Å²) in [5, 5.41) is 0.748. The van der Waals surface area contributed by atoms with E-state index >= 15 is 0 Å². The molecule has 1 aliphatic heterocycles. The number of carbonyl (C=O) groups is 2. The highest BCUT2D eigenvalue weighted by molar-refractivity contribution is 6.06. The average Bonchev–Trinajstić information content (AvgIpc) is 3.16. The Labute approximate surface area is 170 Å². The van der Waals surface area contributed by atoms with Crippen molar-refractivity contribution < 1.29 is 14.3 Å². The zero-order chi connectivity index (χ0) is 20.5. The quantitative estimate of drug-likeness (QED) is 0.627. The van der Waals surface area contributed by atoms with E-state index in [2.05, 4.69) is 4.98 Å². The molecule has 29 heavy (non-hydrogen) atoms. The van der Waals surface area contributed by atoms with Crippen LogP contribution in [0.4, 0.5) is 5.69 Å². The second-order valence-electron chi connectivity index (χ2n) is 7.35. The third kappa shape index (κ3) is 3.37. The zero-order valence-electron chi connectivity index (χ0n) is 16.9. The number of pyridine rings is 1. The number of nitrogens with zero attached hydrogens (tertiary/aromatic N) is 2. The van der Waals surface area contributed by atoms with Gasteiger partial charge in [0.2, 0.25) is 0 Å². The van der Waals surface area contributed by atoms with Gasteiger partial charge >= 0.3 is 5.97 Å². The van der Waals surface area contributed by atoms with Gasteiger partial charge in [-0.05, 0) is 49.9 Å². The second-order valence-corrected chi connectivity index (χ2v) is 7.35.